The maximum Gasteiger partial charge on any atom is 0.265 e. The zero-order valence-corrected chi connectivity index (χ0v) is 12.1. The fourth-order valence-electron chi connectivity index (χ4n) is 1.93. The van der Waals surface area contributed by atoms with Gasteiger partial charge in [-0.3, -0.25) is 4.79 Å². The van der Waals surface area contributed by atoms with Crippen molar-refractivity contribution in [1.29, 1.82) is 0 Å². The molecule has 0 bridgehead atoms. The van der Waals surface area contributed by atoms with E-state index in [1.807, 2.05) is 19.0 Å². The van der Waals surface area contributed by atoms with Gasteiger partial charge < -0.3 is 16.0 Å². The van der Waals surface area contributed by atoms with Crippen LogP contribution in [-0.2, 0) is 0 Å². The molecule has 2 rings (SSSR count). The zero-order valence-electron chi connectivity index (χ0n) is 11.3. The van der Waals surface area contributed by atoms with E-state index in [1.165, 1.54) is 24.2 Å². The normalized spacial score (nSPS) is 15.6. The third-order valence-electron chi connectivity index (χ3n) is 3.26. The summed E-state index contributed by atoms with van der Waals surface area (Å²) < 4.78 is 0. The first-order valence-corrected chi connectivity index (χ1v) is 6.89. The van der Waals surface area contributed by atoms with Crippen LogP contribution >= 0.6 is 11.3 Å². The predicted octanol–water partition coefficient (Wildman–Crippen LogP) is 1.71. The average molecular weight is 268 g/mol. The molecule has 6 heteroatoms. The number of nitrogens with two attached hydrogens (primary N) is 1. The number of thiazole rings is 1. The standard InChI is InChI=1S/C12H20N4OS/c1-12(2,7-5-6-7)15-10(17)8-9(13)14-11(18-8)16(3)4/h7H,5-6,13H2,1-4H3,(H,15,17). The fourth-order valence-corrected chi connectivity index (χ4v) is 2.73. The topological polar surface area (TPSA) is 71.2 Å². The summed E-state index contributed by atoms with van der Waals surface area (Å²) in [7, 11) is 3.77. The Labute approximate surface area is 111 Å². The summed E-state index contributed by atoms with van der Waals surface area (Å²) in [5.74, 6) is 0.784. The maximum atomic E-state index is 12.2. The molecule has 0 aliphatic heterocycles. The third-order valence-corrected chi connectivity index (χ3v) is 4.50. The predicted molar refractivity (Wildman–Crippen MR) is 75.1 cm³/mol. The van der Waals surface area contributed by atoms with Crippen molar-refractivity contribution in [1.82, 2.24) is 10.3 Å². The molecule has 0 radical (unpaired) electrons. The van der Waals surface area contributed by atoms with Crippen molar-refractivity contribution < 1.29 is 4.79 Å². The minimum Gasteiger partial charge on any atom is -0.382 e. The van der Waals surface area contributed by atoms with E-state index in [2.05, 4.69) is 24.1 Å². The van der Waals surface area contributed by atoms with Gasteiger partial charge >= 0.3 is 0 Å². The van der Waals surface area contributed by atoms with E-state index in [1.54, 1.807) is 0 Å². The average Bonchev–Trinajstić information content (AvgIpc) is 3.01. The molecular formula is C12H20N4OS. The first-order chi connectivity index (χ1) is 8.31. The molecular weight excluding hydrogens is 248 g/mol. The summed E-state index contributed by atoms with van der Waals surface area (Å²) in [4.78, 5) is 18.8. The second-order valence-corrected chi connectivity index (χ2v) is 6.53. The minimum atomic E-state index is -0.161. The minimum absolute atomic E-state index is 0.116. The summed E-state index contributed by atoms with van der Waals surface area (Å²) in [6.07, 6.45) is 2.38. The number of carbonyl (C=O) groups excluding carboxylic acids is 1. The second kappa shape index (κ2) is 4.42. The molecule has 1 amide bonds. The van der Waals surface area contributed by atoms with Gasteiger partial charge in [-0.15, -0.1) is 0 Å². The van der Waals surface area contributed by atoms with Crippen LogP contribution in [0.2, 0.25) is 0 Å². The van der Waals surface area contributed by atoms with Gasteiger partial charge in [0, 0.05) is 19.6 Å². The van der Waals surface area contributed by atoms with Crippen molar-refractivity contribution in [3.63, 3.8) is 0 Å². The molecule has 1 fully saturated rings. The van der Waals surface area contributed by atoms with Crippen molar-refractivity contribution in [2.24, 2.45) is 5.92 Å². The quantitative estimate of drug-likeness (QED) is 0.872. The van der Waals surface area contributed by atoms with Gasteiger partial charge in [0.25, 0.3) is 5.91 Å². The van der Waals surface area contributed by atoms with E-state index in [9.17, 15) is 4.79 Å². The van der Waals surface area contributed by atoms with E-state index >= 15 is 0 Å². The largest absolute Gasteiger partial charge is 0.382 e. The molecule has 1 aliphatic carbocycles. The van der Waals surface area contributed by atoms with Gasteiger partial charge in [0.2, 0.25) is 0 Å². The third kappa shape index (κ3) is 2.58. The SMILES string of the molecule is CN(C)c1nc(N)c(C(=O)NC(C)(C)C2CC2)s1. The van der Waals surface area contributed by atoms with Gasteiger partial charge in [0.05, 0.1) is 0 Å². The van der Waals surface area contributed by atoms with E-state index < -0.39 is 0 Å². The number of anilines is 2. The van der Waals surface area contributed by atoms with E-state index in [0.29, 0.717) is 16.6 Å². The Balaban J connectivity index is 2.13. The molecule has 5 nitrogen and oxygen atoms in total. The van der Waals surface area contributed by atoms with Gasteiger partial charge in [0.1, 0.15) is 10.7 Å². The summed E-state index contributed by atoms with van der Waals surface area (Å²) in [6, 6.07) is 0. The van der Waals surface area contributed by atoms with Crippen molar-refractivity contribution in [3.05, 3.63) is 4.88 Å². The maximum absolute atomic E-state index is 12.2. The van der Waals surface area contributed by atoms with Crippen LogP contribution in [0, 0.1) is 5.92 Å². The highest BCUT2D eigenvalue weighted by Crippen LogP contribution is 2.39. The van der Waals surface area contributed by atoms with Gasteiger partial charge in [-0.05, 0) is 32.6 Å². The molecule has 0 atom stereocenters. The van der Waals surface area contributed by atoms with Crippen molar-refractivity contribution >= 4 is 28.2 Å². The van der Waals surface area contributed by atoms with Crippen LogP contribution in [0.4, 0.5) is 10.9 Å². The monoisotopic (exact) mass is 268 g/mol. The summed E-state index contributed by atoms with van der Waals surface area (Å²) in [5, 5.41) is 3.81. The lowest BCUT2D eigenvalue weighted by Crippen LogP contribution is -2.45. The smallest absolute Gasteiger partial charge is 0.265 e. The molecule has 3 N–H and O–H groups in total. The fraction of sp³-hybridized carbons (Fsp3) is 0.667. The van der Waals surface area contributed by atoms with Gasteiger partial charge in [-0.1, -0.05) is 11.3 Å². The molecule has 0 aromatic carbocycles. The molecule has 1 heterocycles. The lowest BCUT2D eigenvalue weighted by Gasteiger charge is -2.25. The van der Waals surface area contributed by atoms with Crippen LogP contribution in [0.15, 0.2) is 0 Å². The number of aromatic nitrogens is 1. The van der Waals surface area contributed by atoms with Gasteiger partial charge in [-0.25, -0.2) is 4.98 Å². The molecule has 0 saturated heterocycles. The van der Waals surface area contributed by atoms with Crippen molar-refractivity contribution in [2.45, 2.75) is 32.2 Å². The number of hydrogen-bond acceptors (Lipinski definition) is 5. The van der Waals surface area contributed by atoms with Crippen molar-refractivity contribution in [2.75, 3.05) is 24.7 Å². The molecule has 0 unspecified atom stereocenters. The number of nitrogens with zero attached hydrogens (tertiary/aromatic N) is 2. The lowest BCUT2D eigenvalue weighted by atomic mass is 9.99. The van der Waals surface area contributed by atoms with Crippen LogP contribution < -0.4 is 16.0 Å². The first kappa shape index (κ1) is 13.1. The molecule has 1 aromatic rings. The van der Waals surface area contributed by atoms with E-state index in [-0.39, 0.29) is 11.4 Å². The number of nitrogens with one attached hydrogen (secondary N) is 1. The number of amides is 1. The Morgan fingerprint density at radius 1 is 1.50 bits per heavy atom. The highest BCUT2D eigenvalue weighted by molar-refractivity contribution is 7.18. The molecule has 1 aliphatic rings. The highest BCUT2D eigenvalue weighted by Gasteiger charge is 2.39. The molecule has 0 spiro atoms. The number of hydrogen-bond donors (Lipinski definition) is 2. The Kier molecular flexibility index (Phi) is 3.23. The van der Waals surface area contributed by atoms with E-state index in [4.69, 9.17) is 5.73 Å². The number of nitrogen functional groups attached to an aromatic ring is 1. The number of carbonyl (C=O) groups is 1. The zero-order chi connectivity index (χ0) is 13.5. The van der Waals surface area contributed by atoms with Crippen molar-refractivity contribution in [3.8, 4) is 0 Å². The molecule has 100 valence electrons. The Morgan fingerprint density at radius 3 is 2.56 bits per heavy atom. The van der Waals surface area contributed by atoms with Crippen LogP contribution in [0.1, 0.15) is 36.4 Å². The van der Waals surface area contributed by atoms with Crippen LogP contribution in [-0.4, -0.2) is 30.5 Å². The summed E-state index contributed by atoms with van der Waals surface area (Å²) >= 11 is 1.33. The second-order valence-electron chi connectivity index (χ2n) is 5.56. The van der Waals surface area contributed by atoms with Crippen LogP contribution in [0.5, 0.6) is 0 Å². The highest BCUT2D eigenvalue weighted by atomic mass is 32.1. The van der Waals surface area contributed by atoms with Crippen LogP contribution in [0.3, 0.4) is 0 Å². The van der Waals surface area contributed by atoms with Gasteiger partial charge in [0.15, 0.2) is 5.13 Å². The first-order valence-electron chi connectivity index (χ1n) is 6.07. The summed E-state index contributed by atoms with van der Waals surface area (Å²) in [5.41, 5.74) is 5.64. The Hall–Kier alpha value is -1.30. The van der Waals surface area contributed by atoms with Crippen LogP contribution in [0.25, 0.3) is 0 Å². The molecule has 1 saturated carbocycles. The summed E-state index contributed by atoms with van der Waals surface area (Å²) in [6.45, 7) is 4.12. The molecule has 1 aromatic heterocycles. The molecule has 18 heavy (non-hydrogen) atoms. The number of rotatable bonds is 4. The Bertz CT molecular complexity index is 463. The van der Waals surface area contributed by atoms with E-state index in [0.717, 1.165) is 5.13 Å². The Morgan fingerprint density at radius 2 is 2.11 bits per heavy atom. The lowest BCUT2D eigenvalue weighted by molar-refractivity contribution is 0.0908. The van der Waals surface area contributed by atoms with Gasteiger partial charge in [-0.2, -0.15) is 0 Å².